The number of hydrogen-bond donors (Lipinski definition) is 0. The van der Waals surface area contributed by atoms with E-state index in [1.807, 2.05) is 19.1 Å². The summed E-state index contributed by atoms with van der Waals surface area (Å²) in [5, 5.41) is 0. The van der Waals surface area contributed by atoms with Gasteiger partial charge in [-0.25, -0.2) is 0 Å². The fraction of sp³-hybridized carbons (Fsp3) is 0.429. The minimum absolute atomic E-state index is 0.0495. The Bertz CT molecular complexity index is 446. The maximum Gasteiger partial charge on any atom is 0.257 e. The second-order valence-corrected chi connectivity index (χ2v) is 4.26. The fourth-order valence-corrected chi connectivity index (χ4v) is 2.05. The molecule has 0 aromatic heterocycles. The van der Waals surface area contributed by atoms with Crippen molar-refractivity contribution < 1.29 is 14.3 Å². The van der Waals surface area contributed by atoms with E-state index in [0.29, 0.717) is 43.9 Å². The van der Waals surface area contributed by atoms with Crippen molar-refractivity contribution in [2.45, 2.75) is 19.8 Å². The molecule has 0 spiro atoms. The van der Waals surface area contributed by atoms with E-state index in [1.54, 1.807) is 17.0 Å². The van der Waals surface area contributed by atoms with Gasteiger partial charge in [0.1, 0.15) is 11.5 Å². The molecule has 1 aliphatic rings. The minimum atomic E-state index is -0.0495. The number of Topliss-reactive ketones (excluding diaryl/α,β-unsaturated/α-hetero) is 1. The first-order chi connectivity index (χ1) is 8.72. The maximum absolute atomic E-state index is 12.3. The number of rotatable bonds is 3. The molecule has 0 unspecified atom stereocenters. The van der Waals surface area contributed by atoms with E-state index in [0.717, 1.165) is 0 Å². The predicted molar refractivity (Wildman–Crippen MR) is 67.8 cm³/mol. The van der Waals surface area contributed by atoms with Crippen molar-refractivity contribution in [2.24, 2.45) is 0 Å². The summed E-state index contributed by atoms with van der Waals surface area (Å²) in [6.45, 7) is 3.44. The summed E-state index contributed by atoms with van der Waals surface area (Å²) in [7, 11) is 0. The molecular formula is C14H17NO3. The number of carbonyl (C=O) groups is 2. The van der Waals surface area contributed by atoms with Gasteiger partial charge in [0, 0.05) is 25.9 Å². The van der Waals surface area contributed by atoms with Gasteiger partial charge in [0.2, 0.25) is 0 Å². The van der Waals surface area contributed by atoms with Crippen LogP contribution < -0.4 is 4.74 Å². The summed E-state index contributed by atoms with van der Waals surface area (Å²) in [5.41, 5.74) is 0.577. The van der Waals surface area contributed by atoms with E-state index in [4.69, 9.17) is 4.74 Å². The molecule has 0 N–H and O–H groups in total. The zero-order valence-corrected chi connectivity index (χ0v) is 10.5. The second kappa shape index (κ2) is 5.67. The van der Waals surface area contributed by atoms with E-state index >= 15 is 0 Å². The predicted octanol–water partition coefficient (Wildman–Crippen LogP) is 1.89. The average Bonchev–Trinajstić information content (AvgIpc) is 2.40. The number of para-hydroxylation sites is 1. The Morgan fingerprint density at radius 3 is 2.61 bits per heavy atom. The number of nitrogens with zero attached hydrogens (tertiary/aromatic N) is 1. The van der Waals surface area contributed by atoms with Crippen molar-refractivity contribution in [1.82, 2.24) is 4.90 Å². The Balaban J connectivity index is 2.15. The van der Waals surface area contributed by atoms with Crippen LogP contribution in [0.5, 0.6) is 5.75 Å². The molecule has 1 heterocycles. The van der Waals surface area contributed by atoms with Crippen molar-refractivity contribution in [3.05, 3.63) is 29.8 Å². The molecule has 0 saturated carbocycles. The number of amides is 1. The Labute approximate surface area is 107 Å². The molecule has 1 aliphatic heterocycles. The van der Waals surface area contributed by atoms with E-state index in [2.05, 4.69) is 0 Å². The normalized spacial score (nSPS) is 15.6. The van der Waals surface area contributed by atoms with E-state index in [1.165, 1.54) is 0 Å². The highest BCUT2D eigenvalue weighted by atomic mass is 16.5. The van der Waals surface area contributed by atoms with E-state index in [-0.39, 0.29) is 11.7 Å². The summed E-state index contributed by atoms with van der Waals surface area (Å²) in [6, 6.07) is 7.24. The third-order valence-electron chi connectivity index (χ3n) is 3.03. The van der Waals surface area contributed by atoms with E-state index in [9.17, 15) is 9.59 Å². The largest absolute Gasteiger partial charge is 0.493 e. The van der Waals surface area contributed by atoms with E-state index < -0.39 is 0 Å². The van der Waals surface area contributed by atoms with Crippen LogP contribution in [0.2, 0.25) is 0 Å². The first-order valence-corrected chi connectivity index (χ1v) is 6.25. The molecule has 0 radical (unpaired) electrons. The molecule has 4 nitrogen and oxygen atoms in total. The number of likely N-dealkylation sites (tertiary alicyclic amines) is 1. The van der Waals surface area contributed by atoms with Gasteiger partial charge in [0.05, 0.1) is 12.2 Å². The van der Waals surface area contributed by atoms with Crippen LogP contribution in [0.3, 0.4) is 0 Å². The molecular weight excluding hydrogens is 230 g/mol. The number of ketones is 1. The van der Waals surface area contributed by atoms with Crippen LogP contribution in [0.4, 0.5) is 0 Å². The number of hydrogen-bond acceptors (Lipinski definition) is 3. The molecule has 1 fully saturated rings. The molecule has 0 atom stereocenters. The van der Waals surface area contributed by atoms with Gasteiger partial charge in [0.25, 0.3) is 5.91 Å². The van der Waals surface area contributed by atoms with Crippen molar-refractivity contribution in [2.75, 3.05) is 19.7 Å². The molecule has 1 saturated heterocycles. The first-order valence-electron chi connectivity index (χ1n) is 6.25. The molecule has 18 heavy (non-hydrogen) atoms. The van der Waals surface area contributed by atoms with Crippen molar-refractivity contribution >= 4 is 11.7 Å². The Morgan fingerprint density at radius 1 is 1.28 bits per heavy atom. The Kier molecular flexibility index (Phi) is 3.97. The molecule has 0 aliphatic carbocycles. The quantitative estimate of drug-likeness (QED) is 0.819. The highest BCUT2D eigenvalue weighted by Gasteiger charge is 2.23. The number of benzene rings is 1. The molecule has 0 bridgehead atoms. The van der Waals surface area contributed by atoms with Crippen LogP contribution in [0.15, 0.2) is 24.3 Å². The van der Waals surface area contributed by atoms with Gasteiger partial charge in [-0.2, -0.15) is 0 Å². The van der Waals surface area contributed by atoms with Gasteiger partial charge in [-0.05, 0) is 19.1 Å². The van der Waals surface area contributed by atoms with Gasteiger partial charge in [-0.3, -0.25) is 9.59 Å². The molecule has 4 heteroatoms. The van der Waals surface area contributed by atoms with Gasteiger partial charge in [-0.15, -0.1) is 0 Å². The van der Waals surface area contributed by atoms with Crippen LogP contribution in [0, 0.1) is 0 Å². The average molecular weight is 247 g/mol. The smallest absolute Gasteiger partial charge is 0.257 e. The lowest BCUT2D eigenvalue weighted by atomic mass is 10.1. The summed E-state index contributed by atoms with van der Waals surface area (Å²) >= 11 is 0. The lowest BCUT2D eigenvalue weighted by molar-refractivity contribution is -0.120. The van der Waals surface area contributed by atoms with Crippen LogP contribution in [-0.4, -0.2) is 36.3 Å². The zero-order chi connectivity index (χ0) is 13.0. The lowest BCUT2D eigenvalue weighted by Crippen LogP contribution is -2.38. The lowest BCUT2D eigenvalue weighted by Gasteiger charge is -2.26. The van der Waals surface area contributed by atoms with Crippen LogP contribution in [0.1, 0.15) is 30.1 Å². The highest BCUT2D eigenvalue weighted by molar-refractivity contribution is 5.97. The standard InChI is InChI=1S/C14H17NO3/c1-2-18-13-6-4-3-5-12(13)14(17)15-9-7-11(16)8-10-15/h3-6H,2,7-10H2,1H3. The second-order valence-electron chi connectivity index (χ2n) is 4.26. The van der Waals surface area contributed by atoms with Crippen LogP contribution in [-0.2, 0) is 4.79 Å². The minimum Gasteiger partial charge on any atom is -0.493 e. The maximum atomic E-state index is 12.3. The van der Waals surface area contributed by atoms with Crippen LogP contribution in [0.25, 0.3) is 0 Å². The molecule has 1 amide bonds. The highest BCUT2D eigenvalue weighted by Crippen LogP contribution is 2.21. The topological polar surface area (TPSA) is 46.6 Å². The zero-order valence-electron chi connectivity index (χ0n) is 10.5. The third-order valence-corrected chi connectivity index (χ3v) is 3.03. The van der Waals surface area contributed by atoms with Gasteiger partial charge in [0.15, 0.2) is 0 Å². The molecule has 1 aromatic rings. The summed E-state index contributed by atoms with van der Waals surface area (Å²) in [4.78, 5) is 25.2. The fourth-order valence-electron chi connectivity index (χ4n) is 2.05. The van der Waals surface area contributed by atoms with Gasteiger partial charge >= 0.3 is 0 Å². The van der Waals surface area contributed by atoms with Crippen LogP contribution >= 0.6 is 0 Å². The molecule has 2 rings (SSSR count). The molecule has 1 aromatic carbocycles. The van der Waals surface area contributed by atoms with Gasteiger partial charge in [-0.1, -0.05) is 12.1 Å². The van der Waals surface area contributed by atoms with Crippen molar-refractivity contribution in [1.29, 1.82) is 0 Å². The SMILES string of the molecule is CCOc1ccccc1C(=O)N1CCC(=O)CC1. The Hall–Kier alpha value is -1.84. The number of piperidine rings is 1. The first kappa shape index (κ1) is 12.6. The number of ether oxygens (including phenoxy) is 1. The summed E-state index contributed by atoms with van der Waals surface area (Å²) < 4.78 is 5.46. The monoisotopic (exact) mass is 247 g/mol. The summed E-state index contributed by atoms with van der Waals surface area (Å²) in [5.74, 6) is 0.797. The van der Waals surface area contributed by atoms with Gasteiger partial charge < -0.3 is 9.64 Å². The Morgan fingerprint density at radius 2 is 1.94 bits per heavy atom. The number of carbonyl (C=O) groups excluding carboxylic acids is 2. The van der Waals surface area contributed by atoms with Crippen molar-refractivity contribution in [3.63, 3.8) is 0 Å². The molecule has 96 valence electrons. The van der Waals surface area contributed by atoms with Crippen molar-refractivity contribution in [3.8, 4) is 5.75 Å². The summed E-state index contributed by atoms with van der Waals surface area (Å²) in [6.07, 6.45) is 0.922. The third kappa shape index (κ3) is 2.70.